The molecule has 3 N–H and O–H groups in total. The molecule has 2 saturated heterocycles. The highest BCUT2D eigenvalue weighted by Crippen LogP contribution is 2.22. The fraction of sp³-hybridized carbons (Fsp3) is 0.588. The zero-order chi connectivity index (χ0) is 15.5. The molecule has 2 unspecified atom stereocenters. The number of hydrogen-bond donors (Lipinski definition) is 3. The largest absolute Gasteiger partial charge is 0.312 e. The summed E-state index contributed by atoms with van der Waals surface area (Å²) in [6, 6.07) is 9.29. The number of amides is 1. The first-order chi connectivity index (χ1) is 10.6. The van der Waals surface area contributed by atoms with E-state index in [9.17, 15) is 4.79 Å². The van der Waals surface area contributed by atoms with Gasteiger partial charge in [-0.1, -0.05) is 12.1 Å². The van der Waals surface area contributed by atoms with Crippen molar-refractivity contribution < 1.29 is 4.79 Å². The Labute approximate surface area is 144 Å². The summed E-state index contributed by atoms with van der Waals surface area (Å²) in [7, 11) is 0. The molecule has 1 amide bonds. The van der Waals surface area contributed by atoms with Crippen LogP contribution in [0, 0.1) is 5.92 Å². The van der Waals surface area contributed by atoms with Gasteiger partial charge in [-0.25, -0.2) is 0 Å². The third kappa shape index (κ3) is 4.23. The summed E-state index contributed by atoms with van der Waals surface area (Å²) < 4.78 is 0. The van der Waals surface area contributed by atoms with E-state index < -0.39 is 0 Å². The molecule has 23 heavy (non-hydrogen) atoms. The minimum absolute atomic E-state index is 0. The summed E-state index contributed by atoms with van der Waals surface area (Å²) in [5.74, 6) is 0.833. The molecular weight excluding hydrogens is 312 g/mol. The van der Waals surface area contributed by atoms with Crippen molar-refractivity contribution in [3.63, 3.8) is 0 Å². The SMILES string of the molecule is CC1NNC(C)C1CNCc1cccc(N2CCCC2=O)c1.Cl. The molecule has 2 aliphatic rings. The average Bonchev–Trinajstić information content (AvgIpc) is 3.07. The smallest absolute Gasteiger partial charge is 0.227 e. The summed E-state index contributed by atoms with van der Waals surface area (Å²) in [6.45, 7) is 7.09. The van der Waals surface area contributed by atoms with Crippen LogP contribution in [0.15, 0.2) is 24.3 Å². The Balaban J connectivity index is 0.00000192. The van der Waals surface area contributed by atoms with Crippen molar-refractivity contribution in [2.24, 2.45) is 5.92 Å². The van der Waals surface area contributed by atoms with Gasteiger partial charge >= 0.3 is 0 Å². The second-order valence-electron chi connectivity index (χ2n) is 6.48. The van der Waals surface area contributed by atoms with Gasteiger partial charge in [-0.15, -0.1) is 12.4 Å². The third-order valence-corrected chi connectivity index (χ3v) is 4.83. The molecule has 6 heteroatoms. The molecular formula is C17H27ClN4O. The summed E-state index contributed by atoms with van der Waals surface area (Å²) in [5.41, 5.74) is 8.84. The highest BCUT2D eigenvalue weighted by molar-refractivity contribution is 5.95. The van der Waals surface area contributed by atoms with Crippen LogP contribution in [0.1, 0.15) is 32.3 Å². The number of anilines is 1. The van der Waals surface area contributed by atoms with E-state index in [1.165, 1.54) is 5.56 Å². The van der Waals surface area contributed by atoms with Gasteiger partial charge in [-0.05, 0) is 38.0 Å². The number of benzene rings is 1. The molecule has 2 aliphatic heterocycles. The lowest BCUT2D eigenvalue weighted by atomic mass is 9.97. The zero-order valence-electron chi connectivity index (χ0n) is 13.8. The van der Waals surface area contributed by atoms with Crippen LogP contribution in [0.4, 0.5) is 5.69 Å². The van der Waals surface area contributed by atoms with Crippen LogP contribution < -0.4 is 21.1 Å². The maximum absolute atomic E-state index is 11.8. The predicted octanol–water partition coefficient (Wildman–Crippen LogP) is 1.83. The minimum Gasteiger partial charge on any atom is -0.312 e. The van der Waals surface area contributed by atoms with Gasteiger partial charge in [0.25, 0.3) is 0 Å². The molecule has 0 aliphatic carbocycles. The van der Waals surface area contributed by atoms with E-state index in [0.717, 1.165) is 31.7 Å². The Kier molecular flexibility index (Phi) is 6.41. The molecule has 0 bridgehead atoms. The monoisotopic (exact) mass is 338 g/mol. The first kappa shape index (κ1) is 18.2. The van der Waals surface area contributed by atoms with Crippen molar-refractivity contribution in [3.05, 3.63) is 29.8 Å². The standard InChI is InChI=1S/C17H26N4O.ClH/c1-12-16(13(2)20-19-12)11-18-10-14-5-3-6-15(9-14)21-8-4-7-17(21)22;/h3,5-6,9,12-13,16,18-20H,4,7-8,10-11H2,1-2H3;1H. The number of hydrazine groups is 1. The molecule has 2 fully saturated rings. The van der Waals surface area contributed by atoms with Crippen molar-refractivity contribution in [1.82, 2.24) is 16.2 Å². The number of carbonyl (C=O) groups is 1. The highest BCUT2D eigenvalue weighted by Gasteiger charge is 2.29. The van der Waals surface area contributed by atoms with Crippen LogP contribution in [0.2, 0.25) is 0 Å². The number of nitrogens with zero attached hydrogens (tertiary/aromatic N) is 1. The number of hydrogen-bond acceptors (Lipinski definition) is 4. The number of carbonyl (C=O) groups excluding carboxylic acids is 1. The van der Waals surface area contributed by atoms with Crippen LogP contribution in [-0.4, -0.2) is 31.1 Å². The van der Waals surface area contributed by atoms with Gasteiger partial charge in [0.05, 0.1) is 0 Å². The van der Waals surface area contributed by atoms with Gasteiger partial charge in [-0.3, -0.25) is 15.6 Å². The maximum Gasteiger partial charge on any atom is 0.227 e. The average molecular weight is 339 g/mol. The van der Waals surface area contributed by atoms with Crippen molar-refractivity contribution in [1.29, 1.82) is 0 Å². The Morgan fingerprint density at radius 1 is 1.26 bits per heavy atom. The van der Waals surface area contributed by atoms with Crippen LogP contribution in [0.5, 0.6) is 0 Å². The van der Waals surface area contributed by atoms with E-state index >= 15 is 0 Å². The van der Waals surface area contributed by atoms with E-state index in [1.54, 1.807) is 0 Å². The molecule has 1 aromatic rings. The Morgan fingerprint density at radius 2 is 2.00 bits per heavy atom. The van der Waals surface area contributed by atoms with E-state index in [2.05, 4.69) is 42.1 Å². The van der Waals surface area contributed by atoms with Gasteiger partial charge in [0, 0.05) is 49.7 Å². The molecule has 0 aromatic heterocycles. The topological polar surface area (TPSA) is 56.4 Å². The zero-order valence-corrected chi connectivity index (χ0v) is 14.7. The first-order valence-corrected chi connectivity index (χ1v) is 8.26. The van der Waals surface area contributed by atoms with Crippen LogP contribution >= 0.6 is 12.4 Å². The number of rotatable bonds is 5. The normalized spacial score (nSPS) is 27.3. The minimum atomic E-state index is 0. The summed E-state index contributed by atoms with van der Waals surface area (Å²) >= 11 is 0. The lowest BCUT2D eigenvalue weighted by Gasteiger charge is -2.19. The predicted molar refractivity (Wildman–Crippen MR) is 95.7 cm³/mol. The molecule has 128 valence electrons. The van der Waals surface area contributed by atoms with Crippen molar-refractivity contribution >= 4 is 24.0 Å². The Morgan fingerprint density at radius 3 is 2.65 bits per heavy atom. The fourth-order valence-electron chi connectivity index (χ4n) is 3.40. The molecule has 1 aromatic carbocycles. The molecule has 0 spiro atoms. The maximum atomic E-state index is 11.8. The summed E-state index contributed by atoms with van der Waals surface area (Å²) in [6.07, 6.45) is 1.65. The molecule has 2 atom stereocenters. The molecule has 2 heterocycles. The summed E-state index contributed by atoms with van der Waals surface area (Å²) in [5, 5.41) is 3.55. The lowest BCUT2D eigenvalue weighted by molar-refractivity contribution is -0.117. The second-order valence-corrected chi connectivity index (χ2v) is 6.48. The highest BCUT2D eigenvalue weighted by atomic mass is 35.5. The molecule has 0 saturated carbocycles. The second kappa shape index (κ2) is 8.11. The molecule has 3 rings (SSSR count). The summed E-state index contributed by atoms with van der Waals surface area (Å²) in [4.78, 5) is 13.7. The van der Waals surface area contributed by atoms with Crippen LogP contribution in [-0.2, 0) is 11.3 Å². The lowest BCUT2D eigenvalue weighted by Crippen LogP contribution is -2.33. The van der Waals surface area contributed by atoms with Crippen molar-refractivity contribution in [2.75, 3.05) is 18.0 Å². The van der Waals surface area contributed by atoms with E-state index in [0.29, 0.717) is 24.4 Å². The van der Waals surface area contributed by atoms with Gasteiger partial charge in [0.1, 0.15) is 0 Å². The van der Waals surface area contributed by atoms with Crippen LogP contribution in [0.25, 0.3) is 0 Å². The number of halogens is 1. The van der Waals surface area contributed by atoms with Crippen molar-refractivity contribution in [3.8, 4) is 0 Å². The Hall–Kier alpha value is -1.14. The van der Waals surface area contributed by atoms with Gasteiger partial charge in [-0.2, -0.15) is 0 Å². The quantitative estimate of drug-likeness (QED) is 0.766. The first-order valence-electron chi connectivity index (χ1n) is 8.26. The van der Waals surface area contributed by atoms with Crippen LogP contribution in [0.3, 0.4) is 0 Å². The Bertz CT molecular complexity index is 529. The van der Waals surface area contributed by atoms with E-state index in [4.69, 9.17) is 0 Å². The van der Waals surface area contributed by atoms with Gasteiger partial charge in [0.15, 0.2) is 0 Å². The molecule has 0 radical (unpaired) electrons. The fourth-order valence-corrected chi connectivity index (χ4v) is 3.40. The van der Waals surface area contributed by atoms with Gasteiger partial charge < -0.3 is 10.2 Å². The third-order valence-electron chi connectivity index (χ3n) is 4.83. The van der Waals surface area contributed by atoms with E-state index in [-0.39, 0.29) is 18.3 Å². The van der Waals surface area contributed by atoms with Gasteiger partial charge in [0.2, 0.25) is 5.91 Å². The number of nitrogens with one attached hydrogen (secondary N) is 3. The molecule has 5 nitrogen and oxygen atoms in total. The van der Waals surface area contributed by atoms with E-state index in [1.807, 2.05) is 17.0 Å². The van der Waals surface area contributed by atoms with Crippen molar-refractivity contribution in [2.45, 2.75) is 45.3 Å².